The average molecular weight is 515 g/mol. The predicted octanol–water partition coefficient (Wildman–Crippen LogP) is 4.37. The molecule has 37 heavy (non-hydrogen) atoms. The van der Waals surface area contributed by atoms with Gasteiger partial charge >= 0.3 is 0 Å². The molecule has 2 aromatic carbocycles. The van der Waals surface area contributed by atoms with Crippen molar-refractivity contribution in [2.24, 2.45) is 0 Å². The van der Waals surface area contributed by atoms with Crippen molar-refractivity contribution >= 4 is 22.2 Å². The maximum absolute atomic E-state index is 13.6. The van der Waals surface area contributed by atoms with Gasteiger partial charge in [-0.25, -0.2) is 4.68 Å². The molecule has 0 aliphatic carbocycles. The Morgan fingerprint density at radius 1 is 1.11 bits per heavy atom. The summed E-state index contributed by atoms with van der Waals surface area (Å²) in [4.78, 5) is 20.2. The van der Waals surface area contributed by atoms with E-state index in [1.165, 1.54) is 10.4 Å². The Bertz CT molecular complexity index is 1500. The van der Waals surface area contributed by atoms with Crippen molar-refractivity contribution in [2.45, 2.75) is 32.5 Å². The van der Waals surface area contributed by atoms with Gasteiger partial charge < -0.3 is 9.72 Å². The van der Waals surface area contributed by atoms with E-state index in [2.05, 4.69) is 80.2 Å². The highest BCUT2D eigenvalue weighted by atomic mass is 32.1. The lowest BCUT2D eigenvalue weighted by atomic mass is 10.0. The number of benzene rings is 2. The van der Waals surface area contributed by atoms with E-state index in [4.69, 9.17) is 4.74 Å². The van der Waals surface area contributed by atoms with Gasteiger partial charge in [-0.3, -0.25) is 9.69 Å². The summed E-state index contributed by atoms with van der Waals surface area (Å²) < 4.78 is 7.05. The number of thiophene rings is 1. The number of aromatic nitrogens is 5. The molecular formula is C28H30N6O2S. The molecule has 0 fully saturated rings. The molecule has 8 nitrogen and oxygen atoms in total. The van der Waals surface area contributed by atoms with Crippen LogP contribution in [0.2, 0.25) is 0 Å². The van der Waals surface area contributed by atoms with E-state index in [0.29, 0.717) is 31.1 Å². The van der Waals surface area contributed by atoms with Crippen LogP contribution in [0.3, 0.4) is 0 Å². The Hall–Kier alpha value is -3.66. The first-order valence-corrected chi connectivity index (χ1v) is 13.2. The highest BCUT2D eigenvalue weighted by Gasteiger charge is 2.30. The van der Waals surface area contributed by atoms with Crippen molar-refractivity contribution in [1.29, 1.82) is 0 Å². The fourth-order valence-corrected chi connectivity index (χ4v) is 5.34. The van der Waals surface area contributed by atoms with E-state index in [1.807, 2.05) is 24.3 Å². The van der Waals surface area contributed by atoms with Gasteiger partial charge in [-0.1, -0.05) is 48.0 Å². The first-order chi connectivity index (χ1) is 18.1. The number of nitrogens with zero attached hydrogens (tertiary/aromatic N) is 5. The van der Waals surface area contributed by atoms with Crippen LogP contribution in [-0.4, -0.2) is 50.4 Å². The molecule has 1 N–H and O–H groups in total. The maximum Gasteiger partial charge on any atom is 0.253 e. The first kappa shape index (κ1) is 25.0. The minimum absolute atomic E-state index is 0.140. The second kappa shape index (κ2) is 11.6. The SMILES string of the molecule is COCCn1nnnc1[C@H](c1cc2cc(C)ccc2[nH]c1=O)N(CCc1ccccc1)Cc1cccs1. The molecule has 3 aromatic heterocycles. The van der Waals surface area contributed by atoms with Crippen molar-refractivity contribution in [3.63, 3.8) is 0 Å². The zero-order chi connectivity index (χ0) is 25.6. The Morgan fingerprint density at radius 3 is 2.76 bits per heavy atom. The van der Waals surface area contributed by atoms with E-state index in [1.54, 1.807) is 23.1 Å². The van der Waals surface area contributed by atoms with Crippen molar-refractivity contribution < 1.29 is 4.74 Å². The van der Waals surface area contributed by atoms with E-state index >= 15 is 0 Å². The number of ether oxygens (including phenoxy) is 1. The lowest BCUT2D eigenvalue weighted by molar-refractivity contribution is 0.172. The van der Waals surface area contributed by atoms with Crippen LogP contribution in [0.1, 0.15) is 33.4 Å². The summed E-state index contributed by atoms with van der Waals surface area (Å²) in [6.07, 6.45) is 0.826. The zero-order valence-electron chi connectivity index (χ0n) is 21.0. The Kier molecular flexibility index (Phi) is 7.84. The lowest BCUT2D eigenvalue weighted by Crippen LogP contribution is -2.36. The van der Waals surface area contributed by atoms with Gasteiger partial charge in [0.05, 0.1) is 13.2 Å². The third-order valence-corrected chi connectivity index (χ3v) is 7.33. The van der Waals surface area contributed by atoms with Crippen LogP contribution >= 0.6 is 11.3 Å². The largest absolute Gasteiger partial charge is 0.383 e. The monoisotopic (exact) mass is 514 g/mol. The zero-order valence-corrected chi connectivity index (χ0v) is 21.8. The van der Waals surface area contributed by atoms with Gasteiger partial charge in [-0.05, 0) is 64.4 Å². The fraction of sp³-hybridized carbons (Fsp3) is 0.286. The van der Waals surface area contributed by atoms with Crippen LogP contribution in [0.5, 0.6) is 0 Å². The van der Waals surface area contributed by atoms with E-state index in [9.17, 15) is 4.79 Å². The Balaban J connectivity index is 1.63. The minimum atomic E-state index is -0.452. The number of hydrogen-bond acceptors (Lipinski definition) is 7. The van der Waals surface area contributed by atoms with Gasteiger partial charge in [0.2, 0.25) is 0 Å². The molecule has 0 saturated carbocycles. The molecule has 9 heteroatoms. The maximum atomic E-state index is 13.6. The van der Waals surface area contributed by atoms with Crippen molar-refractivity contribution in [3.05, 3.63) is 110 Å². The van der Waals surface area contributed by atoms with Crippen molar-refractivity contribution in [1.82, 2.24) is 30.1 Å². The highest BCUT2D eigenvalue weighted by Crippen LogP contribution is 2.29. The summed E-state index contributed by atoms with van der Waals surface area (Å²) >= 11 is 1.70. The number of nitrogens with one attached hydrogen (secondary N) is 1. The number of rotatable bonds is 11. The summed E-state index contributed by atoms with van der Waals surface area (Å²) in [5.41, 5.74) is 3.66. The average Bonchev–Trinajstić information content (AvgIpc) is 3.59. The molecule has 0 bridgehead atoms. The molecule has 5 rings (SSSR count). The Morgan fingerprint density at radius 2 is 1.97 bits per heavy atom. The van der Waals surface area contributed by atoms with Gasteiger partial charge in [-0.15, -0.1) is 16.4 Å². The van der Waals surface area contributed by atoms with Crippen LogP contribution in [0, 0.1) is 6.92 Å². The molecule has 1 atom stereocenters. The molecule has 190 valence electrons. The molecule has 0 unspecified atom stereocenters. The normalized spacial score (nSPS) is 12.4. The number of aromatic amines is 1. The summed E-state index contributed by atoms with van der Waals surface area (Å²) in [7, 11) is 1.65. The predicted molar refractivity (Wildman–Crippen MR) is 146 cm³/mol. The molecular weight excluding hydrogens is 484 g/mol. The fourth-order valence-electron chi connectivity index (χ4n) is 4.61. The summed E-state index contributed by atoms with van der Waals surface area (Å²) in [5.74, 6) is 0.624. The quantitative estimate of drug-likeness (QED) is 0.282. The smallest absolute Gasteiger partial charge is 0.253 e. The summed E-state index contributed by atoms with van der Waals surface area (Å²) in [5, 5.41) is 15.7. The van der Waals surface area contributed by atoms with Crippen LogP contribution in [-0.2, 0) is 24.2 Å². The van der Waals surface area contributed by atoms with Crippen LogP contribution in [0.4, 0.5) is 0 Å². The standard InChI is InChI=1S/C28H30N6O2S/c1-20-10-11-25-22(17-20)18-24(28(35)29-25)26(27-30-31-32-34(27)14-15-36-2)33(19-23-9-6-16-37-23)13-12-21-7-4-3-5-8-21/h3-11,16-18,26H,12-15,19H2,1-2H3,(H,29,35)/t26-/m0/s1. The number of hydrogen-bond donors (Lipinski definition) is 1. The van der Waals surface area contributed by atoms with Gasteiger partial charge in [0.15, 0.2) is 5.82 Å². The second-order valence-corrected chi connectivity index (χ2v) is 10.1. The highest BCUT2D eigenvalue weighted by molar-refractivity contribution is 7.09. The molecule has 0 spiro atoms. The van der Waals surface area contributed by atoms with Gasteiger partial charge in [0.1, 0.15) is 6.04 Å². The molecule has 3 heterocycles. The molecule has 5 aromatic rings. The van der Waals surface area contributed by atoms with Crippen LogP contribution in [0.15, 0.2) is 76.9 Å². The van der Waals surface area contributed by atoms with Crippen LogP contribution < -0.4 is 5.56 Å². The third-order valence-electron chi connectivity index (χ3n) is 6.47. The van der Waals surface area contributed by atoms with Gasteiger partial charge in [0.25, 0.3) is 5.56 Å². The summed E-state index contributed by atoms with van der Waals surface area (Å²) in [6.45, 7) is 4.39. The third kappa shape index (κ3) is 5.85. The number of tetrazole rings is 1. The van der Waals surface area contributed by atoms with E-state index < -0.39 is 6.04 Å². The topological polar surface area (TPSA) is 88.9 Å². The number of H-pyrrole nitrogens is 1. The van der Waals surface area contributed by atoms with Crippen molar-refractivity contribution in [2.75, 3.05) is 20.3 Å². The molecule has 0 aliphatic rings. The number of fused-ring (bicyclic) bond motifs is 1. The van der Waals surface area contributed by atoms with E-state index in [0.717, 1.165) is 29.4 Å². The lowest BCUT2D eigenvalue weighted by Gasteiger charge is -2.30. The summed E-state index contributed by atoms with van der Waals surface area (Å²) in [6, 6.07) is 22.2. The molecule has 0 radical (unpaired) electrons. The molecule has 0 aliphatic heterocycles. The van der Waals surface area contributed by atoms with E-state index in [-0.39, 0.29) is 5.56 Å². The second-order valence-electron chi connectivity index (χ2n) is 9.09. The van der Waals surface area contributed by atoms with Crippen molar-refractivity contribution in [3.8, 4) is 0 Å². The number of aryl methyl sites for hydroxylation is 1. The Labute approximate surface area is 219 Å². The minimum Gasteiger partial charge on any atom is -0.383 e. The molecule has 0 amide bonds. The molecule has 0 saturated heterocycles. The van der Waals surface area contributed by atoms with Gasteiger partial charge in [0, 0.05) is 36.2 Å². The number of pyridine rings is 1. The van der Waals surface area contributed by atoms with Gasteiger partial charge in [-0.2, -0.15) is 0 Å². The van der Waals surface area contributed by atoms with Crippen LogP contribution in [0.25, 0.3) is 10.9 Å². The number of methoxy groups -OCH3 is 1. The first-order valence-electron chi connectivity index (χ1n) is 12.3.